The Morgan fingerprint density at radius 2 is 2.00 bits per heavy atom. The molecule has 0 spiro atoms. The molecule has 3 heteroatoms. The van der Waals surface area contributed by atoms with E-state index in [1.165, 1.54) is 6.42 Å². The lowest BCUT2D eigenvalue weighted by Crippen LogP contribution is -2.44. The fourth-order valence-electron chi connectivity index (χ4n) is 2.06. The lowest BCUT2D eigenvalue weighted by atomic mass is 10.1. The molecule has 0 fully saturated rings. The van der Waals surface area contributed by atoms with Gasteiger partial charge in [-0.05, 0) is 39.3 Å². The first-order valence-electron chi connectivity index (χ1n) is 6.15. The zero-order chi connectivity index (χ0) is 11.7. The van der Waals surface area contributed by atoms with E-state index >= 15 is 0 Å². The normalized spacial score (nSPS) is 15.6. The number of methoxy groups -OCH3 is 1. The largest absolute Gasteiger partial charge is 0.383 e. The molecule has 2 atom stereocenters. The van der Waals surface area contributed by atoms with Crippen LogP contribution in [0.4, 0.5) is 0 Å². The van der Waals surface area contributed by atoms with Gasteiger partial charge in [-0.25, -0.2) is 0 Å². The summed E-state index contributed by atoms with van der Waals surface area (Å²) >= 11 is 0. The molecular weight excluding hydrogens is 188 g/mol. The second-order valence-corrected chi connectivity index (χ2v) is 4.13. The summed E-state index contributed by atoms with van der Waals surface area (Å²) in [6.07, 6.45) is 3.42. The summed E-state index contributed by atoms with van der Waals surface area (Å²) in [4.78, 5) is 2.53. The van der Waals surface area contributed by atoms with Gasteiger partial charge in [-0.3, -0.25) is 4.90 Å². The summed E-state index contributed by atoms with van der Waals surface area (Å²) in [5, 5.41) is 0. The van der Waals surface area contributed by atoms with Crippen molar-refractivity contribution in [3.05, 3.63) is 0 Å². The average Bonchev–Trinajstić information content (AvgIpc) is 2.26. The lowest BCUT2D eigenvalue weighted by molar-refractivity contribution is 0.0622. The van der Waals surface area contributed by atoms with Crippen molar-refractivity contribution in [2.24, 2.45) is 5.73 Å². The maximum atomic E-state index is 5.56. The highest BCUT2D eigenvalue weighted by Gasteiger charge is 2.20. The molecule has 0 heterocycles. The van der Waals surface area contributed by atoms with Gasteiger partial charge in [-0.2, -0.15) is 0 Å². The van der Waals surface area contributed by atoms with Crippen LogP contribution in [0, 0.1) is 0 Å². The molecule has 0 saturated carbocycles. The standard InChI is InChI=1S/C12H28N2O/c1-5-11(3)14(6-2)12(10-15-4)8-7-9-13/h11-12H,5-10,13H2,1-4H3. The highest BCUT2D eigenvalue weighted by molar-refractivity contribution is 4.75. The SMILES string of the molecule is CCC(C)N(CC)C(CCCN)COC. The fourth-order valence-corrected chi connectivity index (χ4v) is 2.06. The van der Waals surface area contributed by atoms with Crippen molar-refractivity contribution in [1.29, 1.82) is 0 Å². The smallest absolute Gasteiger partial charge is 0.0618 e. The molecule has 0 aromatic heterocycles. The number of rotatable bonds is 9. The summed E-state index contributed by atoms with van der Waals surface area (Å²) in [6, 6.07) is 1.16. The minimum absolute atomic E-state index is 0.526. The van der Waals surface area contributed by atoms with Gasteiger partial charge in [0.05, 0.1) is 6.61 Å². The van der Waals surface area contributed by atoms with Gasteiger partial charge in [-0.15, -0.1) is 0 Å². The Morgan fingerprint density at radius 3 is 2.40 bits per heavy atom. The van der Waals surface area contributed by atoms with Crippen molar-refractivity contribution in [1.82, 2.24) is 4.90 Å². The predicted molar refractivity (Wildman–Crippen MR) is 66.1 cm³/mol. The van der Waals surface area contributed by atoms with Gasteiger partial charge in [0.25, 0.3) is 0 Å². The zero-order valence-electron chi connectivity index (χ0n) is 10.8. The van der Waals surface area contributed by atoms with E-state index < -0.39 is 0 Å². The topological polar surface area (TPSA) is 38.5 Å². The van der Waals surface area contributed by atoms with E-state index in [-0.39, 0.29) is 0 Å². The minimum Gasteiger partial charge on any atom is -0.383 e. The van der Waals surface area contributed by atoms with Gasteiger partial charge in [-0.1, -0.05) is 13.8 Å². The van der Waals surface area contributed by atoms with Gasteiger partial charge in [0.2, 0.25) is 0 Å². The van der Waals surface area contributed by atoms with Crippen LogP contribution < -0.4 is 5.73 Å². The quantitative estimate of drug-likeness (QED) is 0.639. The predicted octanol–water partition coefficient (Wildman–Crippen LogP) is 1.86. The van der Waals surface area contributed by atoms with E-state index in [2.05, 4.69) is 25.7 Å². The Balaban J connectivity index is 4.25. The third kappa shape index (κ3) is 5.50. The van der Waals surface area contributed by atoms with Crippen LogP contribution in [0.2, 0.25) is 0 Å². The van der Waals surface area contributed by atoms with Crippen LogP contribution in [0.1, 0.15) is 40.0 Å². The van der Waals surface area contributed by atoms with Crippen LogP contribution >= 0.6 is 0 Å². The second-order valence-electron chi connectivity index (χ2n) is 4.13. The Hall–Kier alpha value is -0.120. The summed E-state index contributed by atoms with van der Waals surface area (Å²) in [7, 11) is 1.78. The van der Waals surface area contributed by atoms with E-state index in [0.29, 0.717) is 12.1 Å². The molecule has 0 radical (unpaired) electrons. The van der Waals surface area contributed by atoms with Crippen molar-refractivity contribution in [2.45, 2.75) is 52.1 Å². The molecule has 3 nitrogen and oxygen atoms in total. The molecule has 15 heavy (non-hydrogen) atoms. The molecule has 0 amide bonds. The van der Waals surface area contributed by atoms with E-state index in [4.69, 9.17) is 10.5 Å². The Kier molecular flexibility index (Phi) is 9.06. The summed E-state index contributed by atoms with van der Waals surface area (Å²) in [5.41, 5.74) is 5.56. The number of ether oxygens (including phenoxy) is 1. The molecule has 92 valence electrons. The fraction of sp³-hybridized carbons (Fsp3) is 1.00. The first-order chi connectivity index (χ1) is 7.21. The van der Waals surface area contributed by atoms with E-state index in [1.807, 2.05) is 0 Å². The molecular formula is C12H28N2O. The van der Waals surface area contributed by atoms with Crippen molar-refractivity contribution < 1.29 is 4.74 Å². The lowest BCUT2D eigenvalue weighted by Gasteiger charge is -2.35. The van der Waals surface area contributed by atoms with Crippen LogP contribution in [0.15, 0.2) is 0 Å². The number of hydrogen-bond acceptors (Lipinski definition) is 3. The van der Waals surface area contributed by atoms with Crippen molar-refractivity contribution >= 4 is 0 Å². The van der Waals surface area contributed by atoms with Crippen LogP contribution in [-0.2, 0) is 4.74 Å². The number of nitrogens with zero attached hydrogens (tertiary/aromatic N) is 1. The summed E-state index contributed by atoms with van der Waals surface area (Å²) in [6.45, 7) is 9.43. The first-order valence-corrected chi connectivity index (χ1v) is 6.15. The van der Waals surface area contributed by atoms with Gasteiger partial charge >= 0.3 is 0 Å². The maximum absolute atomic E-state index is 5.56. The van der Waals surface area contributed by atoms with Gasteiger partial charge < -0.3 is 10.5 Å². The number of nitrogens with two attached hydrogens (primary N) is 1. The van der Waals surface area contributed by atoms with Crippen molar-refractivity contribution in [2.75, 3.05) is 26.8 Å². The molecule has 0 aromatic carbocycles. The second kappa shape index (κ2) is 9.13. The molecule has 0 aliphatic rings. The molecule has 2 unspecified atom stereocenters. The van der Waals surface area contributed by atoms with E-state index in [1.54, 1.807) is 7.11 Å². The first kappa shape index (κ1) is 14.9. The van der Waals surface area contributed by atoms with Crippen LogP contribution in [0.3, 0.4) is 0 Å². The van der Waals surface area contributed by atoms with Crippen molar-refractivity contribution in [3.8, 4) is 0 Å². The third-order valence-corrected chi connectivity index (χ3v) is 3.09. The molecule has 2 N–H and O–H groups in total. The summed E-state index contributed by atoms with van der Waals surface area (Å²) < 4.78 is 5.30. The molecule has 0 rings (SSSR count). The average molecular weight is 216 g/mol. The van der Waals surface area contributed by atoms with Gasteiger partial charge in [0, 0.05) is 19.2 Å². The zero-order valence-corrected chi connectivity index (χ0v) is 10.8. The Morgan fingerprint density at radius 1 is 1.33 bits per heavy atom. The summed E-state index contributed by atoms with van der Waals surface area (Å²) in [5.74, 6) is 0. The highest BCUT2D eigenvalue weighted by Crippen LogP contribution is 2.13. The molecule has 0 aromatic rings. The van der Waals surface area contributed by atoms with Crippen LogP contribution in [0.25, 0.3) is 0 Å². The third-order valence-electron chi connectivity index (χ3n) is 3.09. The molecule has 0 aliphatic heterocycles. The highest BCUT2D eigenvalue weighted by atomic mass is 16.5. The Labute approximate surface area is 95.0 Å². The number of likely N-dealkylation sites (N-methyl/N-ethyl adjacent to an activating group) is 1. The Bertz CT molecular complexity index is 142. The van der Waals surface area contributed by atoms with E-state index in [9.17, 15) is 0 Å². The maximum Gasteiger partial charge on any atom is 0.0618 e. The molecule has 0 bridgehead atoms. The molecule has 0 aliphatic carbocycles. The van der Waals surface area contributed by atoms with Crippen LogP contribution in [0.5, 0.6) is 0 Å². The van der Waals surface area contributed by atoms with Crippen molar-refractivity contribution in [3.63, 3.8) is 0 Å². The van der Waals surface area contributed by atoms with Crippen LogP contribution in [-0.4, -0.2) is 43.8 Å². The van der Waals surface area contributed by atoms with Gasteiger partial charge in [0.15, 0.2) is 0 Å². The van der Waals surface area contributed by atoms with Gasteiger partial charge in [0.1, 0.15) is 0 Å². The minimum atomic E-state index is 0.526. The molecule has 0 saturated heterocycles. The van der Waals surface area contributed by atoms with E-state index in [0.717, 1.165) is 32.5 Å². The number of hydrogen-bond donors (Lipinski definition) is 1. The monoisotopic (exact) mass is 216 g/mol.